The molecule has 0 aliphatic heterocycles. The average Bonchev–Trinajstić information content (AvgIpc) is 3.02. The Balaban J connectivity index is 1.69. The number of hydrogen-bond donors (Lipinski definition) is 1. The molecule has 0 bridgehead atoms. The minimum absolute atomic E-state index is 0.00277. The number of carbonyl (C=O) groups excluding carboxylic acids is 1. The van der Waals surface area contributed by atoms with Crippen molar-refractivity contribution in [1.29, 1.82) is 0 Å². The highest BCUT2D eigenvalue weighted by Crippen LogP contribution is 2.26. The zero-order valence-electron chi connectivity index (χ0n) is 14.2. The first-order valence-electron chi connectivity index (χ1n) is 8.49. The second kappa shape index (κ2) is 7.39. The highest BCUT2D eigenvalue weighted by molar-refractivity contribution is 7.91. The number of aromatic nitrogens is 1. The number of aryl methyl sites for hydroxylation is 1. The van der Waals surface area contributed by atoms with Crippen molar-refractivity contribution in [2.45, 2.75) is 50.0 Å². The lowest BCUT2D eigenvalue weighted by atomic mass is 10.0. The molecule has 0 atom stereocenters. The van der Waals surface area contributed by atoms with Gasteiger partial charge in [-0.3, -0.25) is 4.79 Å². The van der Waals surface area contributed by atoms with E-state index in [4.69, 9.17) is 4.52 Å². The van der Waals surface area contributed by atoms with Crippen LogP contribution in [0.3, 0.4) is 0 Å². The number of amides is 1. The molecule has 0 spiro atoms. The van der Waals surface area contributed by atoms with Crippen molar-refractivity contribution in [3.05, 3.63) is 47.3 Å². The zero-order chi connectivity index (χ0) is 17.9. The summed E-state index contributed by atoms with van der Waals surface area (Å²) >= 11 is 0. The average molecular weight is 362 g/mol. The fourth-order valence-corrected chi connectivity index (χ4v) is 5.11. The summed E-state index contributed by atoms with van der Waals surface area (Å²) in [5.74, 6) is -0.284. The predicted octanol–water partition coefficient (Wildman–Crippen LogP) is 3.48. The molecule has 1 aromatic carbocycles. The maximum atomic E-state index is 12.6. The van der Waals surface area contributed by atoms with E-state index in [0.29, 0.717) is 16.9 Å². The summed E-state index contributed by atoms with van der Waals surface area (Å²) in [4.78, 5) is 12.1. The summed E-state index contributed by atoms with van der Waals surface area (Å²) in [5, 5.41) is 6.15. The molecule has 1 heterocycles. The first-order chi connectivity index (χ1) is 11.9. The van der Waals surface area contributed by atoms with Crippen molar-refractivity contribution in [1.82, 2.24) is 5.16 Å². The Labute approximate surface area is 147 Å². The fraction of sp³-hybridized carbons (Fsp3) is 0.444. The SMILES string of the molecule is Cc1cc(C(=O)Nc2cccc(CS(=O)(=O)C3CCCCC3)c2)on1. The van der Waals surface area contributed by atoms with Gasteiger partial charge in [0.2, 0.25) is 5.76 Å². The van der Waals surface area contributed by atoms with Gasteiger partial charge in [0.1, 0.15) is 0 Å². The van der Waals surface area contributed by atoms with Crippen molar-refractivity contribution in [2.24, 2.45) is 0 Å². The summed E-state index contributed by atoms with van der Waals surface area (Å²) in [7, 11) is -3.17. The van der Waals surface area contributed by atoms with Crippen molar-refractivity contribution < 1.29 is 17.7 Å². The first kappa shape index (κ1) is 17.7. The zero-order valence-corrected chi connectivity index (χ0v) is 15.0. The smallest absolute Gasteiger partial charge is 0.294 e. The molecule has 0 radical (unpaired) electrons. The van der Waals surface area contributed by atoms with E-state index in [2.05, 4.69) is 10.5 Å². The van der Waals surface area contributed by atoms with Crippen LogP contribution >= 0.6 is 0 Å². The molecule has 0 unspecified atom stereocenters. The third-order valence-corrected chi connectivity index (χ3v) is 6.69. The number of carbonyl (C=O) groups is 1. The second-order valence-corrected chi connectivity index (χ2v) is 8.84. The van der Waals surface area contributed by atoms with Gasteiger partial charge in [-0.25, -0.2) is 8.42 Å². The maximum Gasteiger partial charge on any atom is 0.294 e. The molecule has 1 N–H and O–H groups in total. The maximum absolute atomic E-state index is 12.6. The molecule has 1 aromatic heterocycles. The van der Waals surface area contributed by atoms with Crippen molar-refractivity contribution in [3.63, 3.8) is 0 Å². The van der Waals surface area contributed by atoms with E-state index < -0.39 is 15.7 Å². The highest BCUT2D eigenvalue weighted by Gasteiger charge is 2.27. The lowest BCUT2D eigenvalue weighted by molar-refractivity contribution is 0.0988. The number of nitrogens with zero attached hydrogens (tertiary/aromatic N) is 1. The van der Waals surface area contributed by atoms with Crippen molar-refractivity contribution in [3.8, 4) is 0 Å². The Morgan fingerprint density at radius 3 is 2.68 bits per heavy atom. The Hall–Kier alpha value is -2.15. The molecule has 2 aromatic rings. The molecule has 6 nitrogen and oxygen atoms in total. The lowest BCUT2D eigenvalue weighted by Crippen LogP contribution is -2.25. The molecule has 1 fully saturated rings. The Morgan fingerprint density at radius 2 is 2.00 bits per heavy atom. The van der Waals surface area contributed by atoms with Crippen LogP contribution in [0.25, 0.3) is 0 Å². The van der Waals surface area contributed by atoms with Gasteiger partial charge in [-0.15, -0.1) is 0 Å². The number of rotatable bonds is 5. The second-order valence-electron chi connectivity index (χ2n) is 6.55. The summed E-state index contributed by atoms with van der Waals surface area (Å²) in [6, 6.07) is 8.48. The van der Waals surface area contributed by atoms with Crippen molar-refractivity contribution >= 4 is 21.4 Å². The van der Waals surface area contributed by atoms with Gasteiger partial charge >= 0.3 is 0 Å². The van der Waals surface area contributed by atoms with Gasteiger partial charge in [0.05, 0.1) is 16.7 Å². The first-order valence-corrected chi connectivity index (χ1v) is 10.2. The van der Waals surface area contributed by atoms with Crippen LogP contribution in [0.15, 0.2) is 34.9 Å². The van der Waals surface area contributed by atoms with Crippen LogP contribution in [0.2, 0.25) is 0 Å². The van der Waals surface area contributed by atoms with Gasteiger partial charge in [0.25, 0.3) is 5.91 Å². The Kier molecular flexibility index (Phi) is 5.22. The van der Waals surface area contributed by atoms with Crippen LogP contribution in [0.1, 0.15) is 53.9 Å². The summed E-state index contributed by atoms with van der Waals surface area (Å²) in [6.45, 7) is 1.73. The van der Waals surface area contributed by atoms with E-state index >= 15 is 0 Å². The third-order valence-electron chi connectivity index (χ3n) is 4.46. The van der Waals surface area contributed by atoms with E-state index in [-0.39, 0.29) is 16.8 Å². The van der Waals surface area contributed by atoms with E-state index in [1.54, 1.807) is 37.3 Å². The van der Waals surface area contributed by atoms with Crippen molar-refractivity contribution in [2.75, 3.05) is 5.32 Å². The van der Waals surface area contributed by atoms with E-state index in [0.717, 1.165) is 32.1 Å². The van der Waals surface area contributed by atoms with Gasteiger partial charge in [0, 0.05) is 11.8 Å². The summed E-state index contributed by atoms with van der Waals surface area (Å²) < 4.78 is 30.1. The normalized spacial score (nSPS) is 15.9. The summed E-state index contributed by atoms with van der Waals surface area (Å²) in [6.07, 6.45) is 4.59. The number of sulfone groups is 1. The van der Waals surface area contributed by atoms with E-state index in [9.17, 15) is 13.2 Å². The quantitative estimate of drug-likeness (QED) is 0.879. The third kappa shape index (κ3) is 4.48. The standard InChI is InChI=1S/C18H22N2O4S/c1-13-10-17(24-20-13)18(21)19-15-7-5-6-14(11-15)12-25(22,23)16-8-3-2-4-9-16/h5-7,10-11,16H,2-4,8-9,12H2,1H3,(H,19,21). The van der Waals surface area contributed by atoms with Crippen LogP contribution < -0.4 is 5.32 Å². The topological polar surface area (TPSA) is 89.3 Å². The molecule has 1 saturated carbocycles. The van der Waals surface area contributed by atoms with Crippen LogP contribution in [-0.4, -0.2) is 24.7 Å². The minimum atomic E-state index is -3.17. The van der Waals surface area contributed by atoms with Gasteiger partial charge < -0.3 is 9.84 Å². The molecule has 1 amide bonds. The van der Waals surface area contributed by atoms with Gasteiger partial charge in [0.15, 0.2) is 9.84 Å². The highest BCUT2D eigenvalue weighted by atomic mass is 32.2. The van der Waals surface area contributed by atoms with E-state index in [1.807, 2.05) is 0 Å². The van der Waals surface area contributed by atoms with E-state index in [1.165, 1.54) is 0 Å². The monoisotopic (exact) mass is 362 g/mol. The molecule has 134 valence electrons. The molecule has 1 aliphatic carbocycles. The summed E-state index contributed by atoms with van der Waals surface area (Å²) in [5.41, 5.74) is 1.84. The molecule has 0 saturated heterocycles. The number of hydrogen-bond acceptors (Lipinski definition) is 5. The van der Waals surface area contributed by atoms with Crippen LogP contribution in [0.5, 0.6) is 0 Å². The number of anilines is 1. The molecular weight excluding hydrogens is 340 g/mol. The Morgan fingerprint density at radius 1 is 1.24 bits per heavy atom. The van der Waals surface area contributed by atoms with Gasteiger partial charge in [-0.1, -0.05) is 36.6 Å². The fourth-order valence-electron chi connectivity index (χ4n) is 3.18. The largest absolute Gasteiger partial charge is 0.351 e. The molecule has 1 aliphatic rings. The number of benzene rings is 1. The van der Waals surface area contributed by atoms with Gasteiger partial charge in [-0.2, -0.15) is 0 Å². The van der Waals surface area contributed by atoms with Crippen LogP contribution in [-0.2, 0) is 15.6 Å². The molecular formula is C18H22N2O4S. The number of nitrogens with one attached hydrogen (secondary N) is 1. The molecule has 7 heteroatoms. The molecule has 3 rings (SSSR count). The predicted molar refractivity (Wildman–Crippen MR) is 95.1 cm³/mol. The Bertz CT molecular complexity index is 851. The van der Waals surface area contributed by atoms with Crippen LogP contribution in [0.4, 0.5) is 5.69 Å². The van der Waals surface area contributed by atoms with Crippen LogP contribution in [0, 0.1) is 6.92 Å². The van der Waals surface area contributed by atoms with Gasteiger partial charge in [-0.05, 0) is 37.5 Å². The minimum Gasteiger partial charge on any atom is -0.351 e. The lowest BCUT2D eigenvalue weighted by Gasteiger charge is -2.21. The molecule has 25 heavy (non-hydrogen) atoms.